The third kappa shape index (κ3) is 39.8. The Bertz CT molecular complexity index is 1090. The summed E-state index contributed by atoms with van der Waals surface area (Å²) in [6, 6.07) is 0. The smallest absolute Gasteiger partial charge is 0.306 e. The molecule has 0 aromatic heterocycles. The minimum absolute atomic E-state index is 0.117. The zero-order valence-corrected chi connectivity index (χ0v) is 34.7. The molecule has 0 bridgehead atoms. The van der Waals surface area contributed by atoms with Gasteiger partial charge in [0.1, 0.15) is 13.2 Å². The highest BCUT2D eigenvalue weighted by molar-refractivity contribution is 5.71. The summed E-state index contributed by atoms with van der Waals surface area (Å²) in [7, 11) is 0. The Morgan fingerprint density at radius 1 is 0.389 bits per heavy atom. The van der Waals surface area contributed by atoms with E-state index in [1.165, 1.54) is 38.5 Å². The van der Waals surface area contributed by atoms with E-state index in [1.54, 1.807) is 0 Å². The van der Waals surface area contributed by atoms with E-state index in [0.29, 0.717) is 19.3 Å². The predicted octanol–water partition coefficient (Wildman–Crippen LogP) is 13.7. The van der Waals surface area contributed by atoms with Crippen molar-refractivity contribution in [3.63, 3.8) is 0 Å². The third-order valence-electron chi connectivity index (χ3n) is 8.60. The minimum Gasteiger partial charge on any atom is -0.462 e. The Morgan fingerprint density at radius 3 is 1.30 bits per heavy atom. The van der Waals surface area contributed by atoms with Crippen LogP contribution >= 0.6 is 0 Å². The molecule has 0 fully saturated rings. The molecule has 0 heterocycles. The zero-order valence-electron chi connectivity index (χ0n) is 34.7. The number of hydrogen-bond acceptors (Lipinski definition) is 6. The lowest BCUT2D eigenvalue weighted by molar-refractivity contribution is -0.167. The van der Waals surface area contributed by atoms with Crippen molar-refractivity contribution in [1.82, 2.24) is 0 Å². The molecule has 0 aromatic rings. The second kappa shape index (κ2) is 42.3. The number of allylic oxidation sites excluding steroid dienone is 14. The highest BCUT2D eigenvalue weighted by Gasteiger charge is 2.19. The molecular weight excluding hydrogens is 673 g/mol. The number of carbonyl (C=O) groups excluding carboxylic acids is 3. The number of hydrogen-bond donors (Lipinski definition) is 0. The minimum atomic E-state index is -0.814. The summed E-state index contributed by atoms with van der Waals surface area (Å²) in [6.45, 7) is 6.31. The molecule has 54 heavy (non-hydrogen) atoms. The van der Waals surface area contributed by atoms with Crippen molar-refractivity contribution < 1.29 is 28.6 Å². The van der Waals surface area contributed by atoms with E-state index in [9.17, 15) is 14.4 Å². The fourth-order valence-electron chi connectivity index (χ4n) is 5.33. The number of ether oxygens (including phenoxy) is 3. The number of rotatable bonds is 37. The standard InChI is InChI=1S/C48H78O6/c1-4-7-10-13-16-19-21-22-23-24-25-26-27-30-32-35-38-41-47(50)53-44-45(43-52-46(49)40-37-34-31-28-18-15-12-9-6-3)54-48(51)42-39-36-33-29-20-17-14-11-8-5-2/h9,12,14,16-19,22-23,25-26,28,30,32,45H,4-8,10-11,13,15,20-21,24,27,29,31,33-44H2,1-3H3/b12-9-,17-14-,19-16-,23-22-,26-25-,28-18-,32-30-. The lowest BCUT2D eigenvalue weighted by atomic mass is 10.1. The molecule has 306 valence electrons. The SMILES string of the molecule is CC/C=C\C/C=C\CCCCC(=O)OCC(COC(=O)CCC/C=C\C/C=C\C/C=C\C/C=C\CCCCC)OC(=O)CCCCCC/C=C\CCCC. The molecule has 0 saturated heterocycles. The van der Waals surface area contributed by atoms with Gasteiger partial charge in [-0.15, -0.1) is 0 Å². The Labute approximate surface area is 331 Å². The van der Waals surface area contributed by atoms with Gasteiger partial charge in [0.25, 0.3) is 0 Å². The van der Waals surface area contributed by atoms with Crippen molar-refractivity contribution in [1.29, 1.82) is 0 Å². The molecule has 1 unspecified atom stereocenters. The van der Waals surface area contributed by atoms with Crippen LogP contribution in [0.15, 0.2) is 85.1 Å². The van der Waals surface area contributed by atoms with Crippen LogP contribution < -0.4 is 0 Å². The normalized spacial score (nSPS) is 12.9. The van der Waals surface area contributed by atoms with Crippen LogP contribution in [-0.2, 0) is 28.6 Å². The monoisotopic (exact) mass is 751 g/mol. The fourth-order valence-corrected chi connectivity index (χ4v) is 5.33. The van der Waals surface area contributed by atoms with Crippen LogP contribution in [0, 0.1) is 0 Å². The first kappa shape index (κ1) is 50.6. The molecule has 0 radical (unpaired) electrons. The first-order valence-corrected chi connectivity index (χ1v) is 21.6. The van der Waals surface area contributed by atoms with E-state index in [0.717, 1.165) is 96.3 Å². The lowest BCUT2D eigenvalue weighted by Gasteiger charge is -2.18. The summed E-state index contributed by atoms with van der Waals surface area (Å²) >= 11 is 0. The maximum atomic E-state index is 12.6. The summed E-state index contributed by atoms with van der Waals surface area (Å²) in [4.78, 5) is 37.5. The van der Waals surface area contributed by atoms with Gasteiger partial charge in [0, 0.05) is 19.3 Å². The third-order valence-corrected chi connectivity index (χ3v) is 8.60. The highest BCUT2D eigenvalue weighted by Crippen LogP contribution is 2.11. The van der Waals surface area contributed by atoms with Gasteiger partial charge in [-0.3, -0.25) is 14.4 Å². The van der Waals surface area contributed by atoms with Gasteiger partial charge >= 0.3 is 17.9 Å². The molecule has 0 N–H and O–H groups in total. The van der Waals surface area contributed by atoms with E-state index in [2.05, 4.69) is 106 Å². The van der Waals surface area contributed by atoms with Crippen molar-refractivity contribution in [2.24, 2.45) is 0 Å². The molecular formula is C48H78O6. The molecule has 0 aliphatic heterocycles. The fraction of sp³-hybridized carbons (Fsp3) is 0.646. The second-order valence-electron chi connectivity index (χ2n) is 13.9. The number of esters is 3. The van der Waals surface area contributed by atoms with Crippen LogP contribution in [0.3, 0.4) is 0 Å². The van der Waals surface area contributed by atoms with Crippen molar-refractivity contribution >= 4 is 17.9 Å². The summed E-state index contributed by atoms with van der Waals surface area (Å²) in [5.41, 5.74) is 0. The van der Waals surface area contributed by atoms with Gasteiger partial charge in [-0.2, -0.15) is 0 Å². The van der Waals surface area contributed by atoms with E-state index in [4.69, 9.17) is 14.2 Å². The predicted molar refractivity (Wildman–Crippen MR) is 228 cm³/mol. The van der Waals surface area contributed by atoms with Crippen LogP contribution in [-0.4, -0.2) is 37.2 Å². The quantitative estimate of drug-likeness (QED) is 0.0272. The summed E-state index contributed by atoms with van der Waals surface area (Å²) < 4.78 is 16.5. The molecule has 6 heteroatoms. The molecule has 0 aliphatic carbocycles. The van der Waals surface area contributed by atoms with Gasteiger partial charge in [0.15, 0.2) is 6.10 Å². The van der Waals surface area contributed by atoms with Crippen LogP contribution in [0.25, 0.3) is 0 Å². The van der Waals surface area contributed by atoms with E-state index in [1.807, 2.05) is 0 Å². The van der Waals surface area contributed by atoms with Crippen LogP contribution in [0.2, 0.25) is 0 Å². The molecule has 0 amide bonds. The average Bonchev–Trinajstić information content (AvgIpc) is 3.17. The van der Waals surface area contributed by atoms with E-state index in [-0.39, 0.29) is 37.5 Å². The molecule has 0 spiro atoms. The first-order chi connectivity index (χ1) is 26.5. The van der Waals surface area contributed by atoms with Gasteiger partial charge in [-0.1, -0.05) is 144 Å². The van der Waals surface area contributed by atoms with Gasteiger partial charge in [0.05, 0.1) is 0 Å². The molecule has 0 rings (SSSR count). The molecule has 1 atom stereocenters. The Kier molecular flexibility index (Phi) is 39.7. The second-order valence-corrected chi connectivity index (χ2v) is 13.9. The Morgan fingerprint density at radius 2 is 0.759 bits per heavy atom. The largest absolute Gasteiger partial charge is 0.462 e. The Hall–Kier alpha value is -3.41. The number of unbranched alkanes of at least 4 members (excludes halogenated alkanes) is 12. The van der Waals surface area contributed by atoms with Crippen molar-refractivity contribution in [2.75, 3.05) is 13.2 Å². The van der Waals surface area contributed by atoms with Crippen molar-refractivity contribution in [3.05, 3.63) is 85.1 Å². The summed E-state index contributed by atoms with van der Waals surface area (Å²) in [6.07, 6.45) is 53.0. The highest BCUT2D eigenvalue weighted by atomic mass is 16.6. The van der Waals surface area contributed by atoms with Gasteiger partial charge < -0.3 is 14.2 Å². The maximum absolute atomic E-state index is 12.6. The molecule has 0 aromatic carbocycles. The van der Waals surface area contributed by atoms with E-state index >= 15 is 0 Å². The average molecular weight is 751 g/mol. The zero-order chi connectivity index (χ0) is 39.4. The lowest BCUT2D eigenvalue weighted by Crippen LogP contribution is -2.30. The summed E-state index contributed by atoms with van der Waals surface area (Å²) in [5.74, 6) is -1.03. The van der Waals surface area contributed by atoms with Gasteiger partial charge in [-0.05, 0) is 103 Å². The Balaban J connectivity index is 4.49. The van der Waals surface area contributed by atoms with Crippen molar-refractivity contribution in [3.8, 4) is 0 Å². The first-order valence-electron chi connectivity index (χ1n) is 21.6. The van der Waals surface area contributed by atoms with E-state index < -0.39 is 6.10 Å². The van der Waals surface area contributed by atoms with Crippen LogP contribution in [0.5, 0.6) is 0 Å². The topological polar surface area (TPSA) is 78.9 Å². The van der Waals surface area contributed by atoms with Gasteiger partial charge in [-0.25, -0.2) is 0 Å². The molecule has 0 aliphatic rings. The molecule has 0 saturated carbocycles. The molecule has 6 nitrogen and oxygen atoms in total. The number of carbonyl (C=O) groups is 3. The van der Waals surface area contributed by atoms with Crippen LogP contribution in [0.1, 0.15) is 181 Å². The summed E-state index contributed by atoms with van der Waals surface area (Å²) in [5, 5.41) is 0. The van der Waals surface area contributed by atoms with Gasteiger partial charge in [0.2, 0.25) is 0 Å². The van der Waals surface area contributed by atoms with Crippen molar-refractivity contribution in [2.45, 2.75) is 187 Å². The van der Waals surface area contributed by atoms with Crippen LogP contribution in [0.4, 0.5) is 0 Å². The maximum Gasteiger partial charge on any atom is 0.306 e.